The fourth-order valence-corrected chi connectivity index (χ4v) is 2.99. The van der Waals surface area contributed by atoms with Crippen molar-refractivity contribution in [2.75, 3.05) is 18.0 Å². The zero-order valence-corrected chi connectivity index (χ0v) is 14.1. The van der Waals surface area contributed by atoms with Gasteiger partial charge in [-0.2, -0.15) is 0 Å². The van der Waals surface area contributed by atoms with Crippen LogP contribution in [0.15, 0.2) is 54.7 Å². The molecule has 4 rings (SSSR count). The quantitative estimate of drug-likeness (QED) is 0.725. The molecule has 26 heavy (non-hydrogen) atoms. The summed E-state index contributed by atoms with van der Waals surface area (Å²) in [6.45, 7) is 1.21. The number of hydrogen-bond donors (Lipinski definition) is 0. The molecule has 0 aliphatic carbocycles. The fraction of sp³-hybridized carbons (Fsp3) is 0.200. The average molecular weight is 348 g/mol. The third-order valence-corrected chi connectivity index (χ3v) is 4.40. The number of carbonyl (C=O) groups excluding carboxylic acids is 1. The van der Waals surface area contributed by atoms with E-state index in [2.05, 4.69) is 15.0 Å². The number of aromatic nitrogens is 3. The Morgan fingerprint density at radius 2 is 1.69 bits per heavy atom. The molecule has 0 spiro atoms. The number of hydrogen-bond acceptors (Lipinski definition) is 5. The summed E-state index contributed by atoms with van der Waals surface area (Å²) in [5.41, 5.74) is 1.67. The van der Waals surface area contributed by atoms with Gasteiger partial charge < -0.3 is 4.90 Å². The standard InChI is InChI=1S/C20H17FN4O/c21-16-6-2-1-5-15(16)20-23-18(17-7-3-4-10-22-17)13-19(24-20)25-11-8-14(26)9-12-25/h1-7,10,13H,8-9,11-12H2. The molecule has 0 radical (unpaired) electrons. The van der Waals surface area contributed by atoms with Crippen molar-refractivity contribution in [3.63, 3.8) is 0 Å². The number of Topliss-reactive ketones (excluding diaryl/α,β-unsaturated/α-hetero) is 1. The lowest BCUT2D eigenvalue weighted by Crippen LogP contribution is -2.34. The van der Waals surface area contributed by atoms with E-state index in [1.165, 1.54) is 6.07 Å². The molecular weight excluding hydrogens is 331 g/mol. The van der Waals surface area contributed by atoms with Gasteiger partial charge in [0.05, 0.1) is 17.0 Å². The summed E-state index contributed by atoms with van der Waals surface area (Å²) in [5.74, 6) is 0.893. The van der Waals surface area contributed by atoms with E-state index in [-0.39, 0.29) is 11.6 Å². The van der Waals surface area contributed by atoms with Gasteiger partial charge in [0.1, 0.15) is 17.4 Å². The van der Waals surface area contributed by atoms with E-state index in [4.69, 9.17) is 0 Å². The van der Waals surface area contributed by atoms with Crippen LogP contribution in [0.1, 0.15) is 12.8 Å². The van der Waals surface area contributed by atoms with Gasteiger partial charge in [0.25, 0.3) is 0 Å². The molecule has 0 amide bonds. The molecule has 0 bridgehead atoms. The fourth-order valence-electron chi connectivity index (χ4n) is 2.99. The van der Waals surface area contributed by atoms with Crippen LogP contribution in [-0.4, -0.2) is 33.8 Å². The highest BCUT2D eigenvalue weighted by atomic mass is 19.1. The first-order valence-electron chi connectivity index (χ1n) is 8.53. The number of benzene rings is 1. The molecule has 3 heterocycles. The van der Waals surface area contributed by atoms with Crippen LogP contribution in [0.25, 0.3) is 22.8 Å². The second kappa shape index (κ2) is 7.00. The lowest BCUT2D eigenvalue weighted by Gasteiger charge is -2.27. The molecule has 6 heteroatoms. The average Bonchev–Trinajstić information content (AvgIpc) is 2.69. The number of carbonyl (C=O) groups is 1. The maximum Gasteiger partial charge on any atom is 0.165 e. The molecule has 1 aliphatic rings. The van der Waals surface area contributed by atoms with Crippen molar-refractivity contribution in [1.29, 1.82) is 0 Å². The number of halogens is 1. The van der Waals surface area contributed by atoms with Crippen LogP contribution in [0.5, 0.6) is 0 Å². The van der Waals surface area contributed by atoms with Crippen LogP contribution in [0.3, 0.4) is 0 Å². The first-order valence-corrected chi connectivity index (χ1v) is 8.53. The molecule has 2 aromatic heterocycles. The largest absolute Gasteiger partial charge is 0.356 e. The number of rotatable bonds is 3. The van der Waals surface area contributed by atoms with Gasteiger partial charge in [-0.3, -0.25) is 9.78 Å². The molecule has 3 aromatic rings. The zero-order chi connectivity index (χ0) is 17.9. The predicted octanol–water partition coefficient (Wildman–Crippen LogP) is 3.51. The first-order chi connectivity index (χ1) is 12.7. The summed E-state index contributed by atoms with van der Waals surface area (Å²) in [6.07, 6.45) is 2.69. The number of piperidine rings is 1. The highest BCUT2D eigenvalue weighted by molar-refractivity contribution is 5.81. The van der Waals surface area contributed by atoms with Crippen molar-refractivity contribution < 1.29 is 9.18 Å². The second-order valence-electron chi connectivity index (χ2n) is 6.16. The van der Waals surface area contributed by atoms with Crippen molar-refractivity contribution in [3.05, 3.63) is 60.5 Å². The minimum atomic E-state index is -0.370. The first kappa shape index (κ1) is 16.3. The van der Waals surface area contributed by atoms with Crippen LogP contribution in [0, 0.1) is 5.82 Å². The number of pyridine rings is 1. The van der Waals surface area contributed by atoms with Crippen molar-refractivity contribution in [3.8, 4) is 22.8 Å². The number of anilines is 1. The molecule has 130 valence electrons. The maximum atomic E-state index is 14.3. The van der Waals surface area contributed by atoms with Gasteiger partial charge in [-0.25, -0.2) is 14.4 Å². The Morgan fingerprint density at radius 1 is 0.923 bits per heavy atom. The summed E-state index contributed by atoms with van der Waals surface area (Å²) in [6, 6.07) is 13.9. The Morgan fingerprint density at radius 3 is 2.42 bits per heavy atom. The van der Waals surface area contributed by atoms with Gasteiger partial charge in [0.2, 0.25) is 0 Å². The maximum absolute atomic E-state index is 14.3. The van der Waals surface area contributed by atoms with Gasteiger partial charge in [0.15, 0.2) is 5.82 Å². The normalized spacial score (nSPS) is 14.5. The number of nitrogens with zero attached hydrogens (tertiary/aromatic N) is 4. The minimum absolute atomic E-state index is 0.259. The van der Waals surface area contributed by atoms with Crippen molar-refractivity contribution in [2.45, 2.75) is 12.8 Å². The van der Waals surface area contributed by atoms with E-state index in [1.54, 1.807) is 24.4 Å². The van der Waals surface area contributed by atoms with Gasteiger partial charge in [-0.1, -0.05) is 18.2 Å². The van der Waals surface area contributed by atoms with Gasteiger partial charge in [0, 0.05) is 38.2 Å². The molecule has 1 fully saturated rings. The summed E-state index contributed by atoms with van der Waals surface area (Å²) >= 11 is 0. The Labute approximate surface area is 150 Å². The van der Waals surface area contributed by atoms with E-state index in [0.717, 1.165) is 0 Å². The van der Waals surface area contributed by atoms with E-state index in [1.807, 2.05) is 29.2 Å². The Kier molecular flexibility index (Phi) is 4.39. The third-order valence-electron chi connectivity index (χ3n) is 4.40. The van der Waals surface area contributed by atoms with E-state index < -0.39 is 0 Å². The summed E-state index contributed by atoms with van der Waals surface area (Å²) in [5, 5.41) is 0. The molecule has 0 N–H and O–H groups in total. The van der Waals surface area contributed by atoms with Crippen LogP contribution >= 0.6 is 0 Å². The molecule has 1 aliphatic heterocycles. The van der Waals surface area contributed by atoms with Gasteiger partial charge >= 0.3 is 0 Å². The highest BCUT2D eigenvalue weighted by Gasteiger charge is 2.20. The monoisotopic (exact) mass is 348 g/mol. The SMILES string of the molecule is O=C1CCN(c2cc(-c3ccccn3)nc(-c3ccccc3F)n2)CC1. The summed E-state index contributed by atoms with van der Waals surface area (Å²) < 4.78 is 14.3. The molecule has 0 unspecified atom stereocenters. The van der Waals surface area contributed by atoms with Crippen LogP contribution in [-0.2, 0) is 4.79 Å². The van der Waals surface area contributed by atoms with Gasteiger partial charge in [-0.15, -0.1) is 0 Å². The molecule has 1 saturated heterocycles. The summed E-state index contributed by atoms with van der Waals surface area (Å²) in [7, 11) is 0. The smallest absolute Gasteiger partial charge is 0.165 e. The Bertz CT molecular complexity index is 936. The van der Waals surface area contributed by atoms with E-state index >= 15 is 0 Å². The zero-order valence-electron chi connectivity index (χ0n) is 14.1. The van der Waals surface area contributed by atoms with Crippen molar-refractivity contribution in [2.24, 2.45) is 0 Å². The molecule has 5 nitrogen and oxygen atoms in total. The molecule has 0 atom stereocenters. The van der Waals surface area contributed by atoms with Crippen molar-refractivity contribution >= 4 is 11.6 Å². The minimum Gasteiger partial charge on any atom is -0.356 e. The van der Waals surface area contributed by atoms with Gasteiger partial charge in [-0.05, 0) is 24.3 Å². The lowest BCUT2D eigenvalue weighted by atomic mass is 10.1. The Balaban J connectivity index is 1.82. The Hall–Kier alpha value is -3.15. The molecule has 0 saturated carbocycles. The number of ketones is 1. The van der Waals surface area contributed by atoms with Crippen LogP contribution < -0.4 is 4.90 Å². The third kappa shape index (κ3) is 3.31. The summed E-state index contributed by atoms with van der Waals surface area (Å²) in [4.78, 5) is 27.0. The molecular formula is C20H17FN4O. The van der Waals surface area contributed by atoms with E-state index in [0.29, 0.717) is 54.5 Å². The van der Waals surface area contributed by atoms with Crippen molar-refractivity contribution in [1.82, 2.24) is 15.0 Å². The second-order valence-corrected chi connectivity index (χ2v) is 6.16. The van der Waals surface area contributed by atoms with Crippen LogP contribution in [0.2, 0.25) is 0 Å². The lowest BCUT2D eigenvalue weighted by molar-refractivity contribution is -0.119. The van der Waals surface area contributed by atoms with Crippen LogP contribution in [0.4, 0.5) is 10.2 Å². The topological polar surface area (TPSA) is 59.0 Å². The predicted molar refractivity (Wildman–Crippen MR) is 97.1 cm³/mol. The van der Waals surface area contributed by atoms with E-state index in [9.17, 15) is 9.18 Å². The highest BCUT2D eigenvalue weighted by Crippen LogP contribution is 2.27. The molecule has 1 aromatic carbocycles.